The van der Waals surface area contributed by atoms with Crippen LogP contribution in [0.2, 0.25) is 0 Å². The number of rotatable bonds is 5. The molecule has 0 saturated carbocycles. The molecule has 2 N–H and O–H groups in total. The van der Waals surface area contributed by atoms with Gasteiger partial charge < -0.3 is 10.2 Å². The molecule has 3 nitrogen and oxygen atoms in total. The van der Waals surface area contributed by atoms with Gasteiger partial charge in [-0.05, 0) is 92.9 Å². The molecule has 2 heterocycles. The molecule has 0 bridgehead atoms. The molecule has 0 saturated heterocycles. The van der Waals surface area contributed by atoms with Crippen molar-refractivity contribution in [1.82, 2.24) is 10.6 Å². The molecule has 2 atom stereocenters. The monoisotopic (exact) mass is 719 g/mol. The van der Waals surface area contributed by atoms with E-state index in [4.69, 9.17) is 0 Å². The van der Waals surface area contributed by atoms with Gasteiger partial charge in [-0.2, -0.15) is 0 Å². The van der Waals surface area contributed by atoms with Crippen LogP contribution in [-0.2, 0) is 6.42 Å². The van der Waals surface area contributed by atoms with Crippen LogP contribution in [0.3, 0.4) is 0 Å². The first-order valence-electron chi connectivity index (χ1n) is 20.1. The summed E-state index contributed by atoms with van der Waals surface area (Å²) in [5.74, 6) is 0. The Bertz CT molecular complexity index is 2390. The van der Waals surface area contributed by atoms with Crippen molar-refractivity contribution >= 4 is 28.6 Å². The lowest BCUT2D eigenvalue weighted by molar-refractivity contribution is 0.442. The lowest BCUT2D eigenvalue weighted by atomic mass is 9.83. The summed E-state index contributed by atoms with van der Waals surface area (Å²) in [5, 5.41) is 10.3. The number of aryl methyl sites for hydroxylation is 1. The summed E-state index contributed by atoms with van der Waals surface area (Å²) >= 11 is 0. The zero-order valence-corrected chi connectivity index (χ0v) is 32.9. The third kappa shape index (κ3) is 7.85. The minimum absolute atomic E-state index is 0.0257. The number of hydrogen-bond acceptors (Lipinski definition) is 3. The summed E-state index contributed by atoms with van der Waals surface area (Å²) in [6.07, 6.45) is 6.78. The quantitative estimate of drug-likeness (QED) is 0.186. The molecule has 6 aromatic rings. The average Bonchev–Trinajstić information content (AvgIpc) is 3.28. The fraction of sp³-hybridized carbons (Fsp3) is 0.192. The first-order chi connectivity index (χ1) is 27.2. The SMILES string of the molecule is C/C1=c2/cccc/c2=C/CN(c2ccc(C3C=C(c4ccc(-c5ccccc5)cc4)NC(c4ccccc4)N3)cc2)C2=C1c1ccccc1CC2.CC.CC. The molecule has 0 spiro atoms. The van der Waals surface area contributed by atoms with Crippen molar-refractivity contribution in [3.8, 4) is 11.1 Å². The standard InChI is InChI=1S/C48H41N3.2C2H6/c1-33-42-18-10-8-15-37(42)30-31-51(46-29-26-36-14-9-11-19-43(36)47(33)46)41-27-24-39(25-28-41)45-32-44(49-48(50-45)40-16-6-3-7-17-40)38-22-20-35(21-23-38)34-12-4-2-5-13-34;2*1-2/h2-25,27-28,30,32,45,48-50H,26,29,31H2,1H3;2*1-2H3/b37-30-,42-33+;;. The molecule has 2 aliphatic heterocycles. The molecule has 0 radical (unpaired) electrons. The summed E-state index contributed by atoms with van der Waals surface area (Å²) in [6.45, 7) is 11.1. The van der Waals surface area contributed by atoms with E-state index in [-0.39, 0.29) is 12.2 Å². The number of nitrogens with zero attached hydrogens (tertiary/aromatic N) is 1. The van der Waals surface area contributed by atoms with Gasteiger partial charge >= 0.3 is 0 Å². The maximum atomic E-state index is 3.89. The van der Waals surface area contributed by atoms with Crippen LogP contribution in [0.5, 0.6) is 0 Å². The molecule has 0 fully saturated rings. The number of benzene rings is 6. The van der Waals surface area contributed by atoms with Crippen LogP contribution in [-0.4, -0.2) is 6.54 Å². The normalized spacial score (nSPS) is 18.7. The van der Waals surface area contributed by atoms with Crippen molar-refractivity contribution < 1.29 is 0 Å². The van der Waals surface area contributed by atoms with Crippen LogP contribution >= 0.6 is 0 Å². The zero-order valence-electron chi connectivity index (χ0n) is 32.9. The van der Waals surface area contributed by atoms with Gasteiger partial charge in [-0.3, -0.25) is 5.32 Å². The van der Waals surface area contributed by atoms with Crippen LogP contribution in [0.15, 0.2) is 169 Å². The van der Waals surface area contributed by atoms with Crippen molar-refractivity contribution in [3.05, 3.63) is 208 Å². The largest absolute Gasteiger partial charge is 0.366 e. The van der Waals surface area contributed by atoms with E-state index in [0.29, 0.717) is 0 Å². The van der Waals surface area contributed by atoms with Gasteiger partial charge in [-0.15, -0.1) is 0 Å². The topological polar surface area (TPSA) is 27.3 Å². The molecule has 3 aliphatic rings. The van der Waals surface area contributed by atoms with Gasteiger partial charge in [0.15, 0.2) is 0 Å². The Kier molecular flexibility index (Phi) is 11.9. The molecule has 9 rings (SSSR count). The molecule has 3 heteroatoms. The van der Waals surface area contributed by atoms with E-state index in [1.165, 1.54) is 71.9 Å². The molecule has 2 unspecified atom stereocenters. The number of anilines is 1. The molecule has 0 aromatic heterocycles. The van der Waals surface area contributed by atoms with E-state index in [1.54, 1.807) is 0 Å². The number of hydrogen-bond donors (Lipinski definition) is 2. The fourth-order valence-electron chi connectivity index (χ4n) is 8.09. The summed E-state index contributed by atoms with van der Waals surface area (Å²) in [5.41, 5.74) is 15.4. The van der Waals surface area contributed by atoms with Gasteiger partial charge in [0.2, 0.25) is 0 Å². The van der Waals surface area contributed by atoms with Crippen molar-refractivity contribution in [2.75, 3.05) is 11.4 Å². The van der Waals surface area contributed by atoms with Crippen molar-refractivity contribution in [2.24, 2.45) is 0 Å². The third-order valence-corrected chi connectivity index (χ3v) is 10.7. The predicted molar refractivity (Wildman–Crippen MR) is 235 cm³/mol. The molecule has 55 heavy (non-hydrogen) atoms. The van der Waals surface area contributed by atoms with E-state index < -0.39 is 0 Å². The zero-order chi connectivity index (χ0) is 38.1. The minimum atomic E-state index is -0.0257. The van der Waals surface area contributed by atoms with Crippen LogP contribution in [0.25, 0.3) is 34.0 Å². The van der Waals surface area contributed by atoms with Gasteiger partial charge in [0, 0.05) is 29.2 Å². The Morgan fingerprint density at radius 1 is 0.564 bits per heavy atom. The Labute approximate surface area is 328 Å². The van der Waals surface area contributed by atoms with Gasteiger partial charge in [-0.25, -0.2) is 0 Å². The highest BCUT2D eigenvalue weighted by molar-refractivity contribution is 6.01. The average molecular weight is 720 g/mol. The maximum absolute atomic E-state index is 3.89. The Morgan fingerprint density at radius 2 is 1.18 bits per heavy atom. The van der Waals surface area contributed by atoms with Crippen LogP contribution in [0, 0.1) is 0 Å². The smallest absolute Gasteiger partial charge is 0.104 e. The van der Waals surface area contributed by atoms with E-state index in [1.807, 2.05) is 27.7 Å². The van der Waals surface area contributed by atoms with Gasteiger partial charge in [-0.1, -0.05) is 179 Å². The second-order valence-electron chi connectivity index (χ2n) is 13.8. The molecule has 276 valence electrons. The highest BCUT2D eigenvalue weighted by atomic mass is 15.2. The summed E-state index contributed by atoms with van der Waals surface area (Å²) in [7, 11) is 0. The van der Waals surface area contributed by atoms with Crippen molar-refractivity contribution in [2.45, 2.75) is 59.7 Å². The lowest BCUT2D eigenvalue weighted by Crippen LogP contribution is -2.39. The highest BCUT2D eigenvalue weighted by Crippen LogP contribution is 2.40. The number of fused-ring (bicyclic) bond motifs is 3. The van der Waals surface area contributed by atoms with Gasteiger partial charge in [0.25, 0.3) is 0 Å². The molecule has 1 aliphatic carbocycles. The number of allylic oxidation sites excluding steroid dienone is 2. The first-order valence-corrected chi connectivity index (χ1v) is 20.1. The molecule has 6 aromatic carbocycles. The second kappa shape index (κ2) is 17.5. The van der Waals surface area contributed by atoms with Gasteiger partial charge in [0.05, 0.1) is 6.04 Å². The third-order valence-electron chi connectivity index (χ3n) is 10.7. The Hall–Kier alpha value is -5.90. The summed E-state index contributed by atoms with van der Waals surface area (Å²) < 4.78 is 0. The Morgan fingerprint density at radius 3 is 1.93 bits per heavy atom. The van der Waals surface area contributed by atoms with Crippen LogP contribution in [0.1, 0.15) is 81.1 Å². The van der Waals surface area contributed by atoms with Crippen molar-refractivity contribution in [3.63, 3.8) is 0 Å². The molecular weight excluding hydrogens is 667 g/mol. The van der Waals surface area contributed by atoms with E-state index in [0.717, 1.165) is 25.1 Å². The van der Waals surface area contributed by atoms with Crippen LogP contribution < -0.4 is 26.0 Å². The summed E-state index contributed by atoms with van der Waals surface area (Å²) in [4.78, 5) is 2.55. The van der Waals surface area contributed by atoms with E-state index >= 15 is 0 Å². The van der Waals surface area contributed by atoms with E-state index in [2.05, 4.69) is 192 Å². The van der Waals surface area contributed by atoms with Crippen LogP contribution in [0.4, 0.5) is 5.69 Å². The first kappa shape index (κ1) is 37.4. The highest BCUT2D eigenvalue weighted by Gasteiger charge is 2.27. The van der Waals surface area contributed by atoms with Crippen molar-refractivity contribution in [1.29, 1.82) is 0 Å². The maximum Gasteiger partial charge on any atom is 0.104 e. The molecular formula is C52H53N3. The Balaban J connectivity index is 0.00000113. The molecule has 0 amide bonds. The van der Waals surface area contributed by atoms with Gasteiger partial charge in [0.1, 0.15) is 6.17 Å². The lowest BCUT2D eigenvalue weighted by Gasteiger charge is -2.35. The fourth-order valence-corrected chi connectivity index (χ4v) is 8.09. The minimum Gasteiger partial charge on any atom is -0.366 e. The summed E-state index contributed by atoms with van der Waals surface area (Å²) in [6, 6.07) is 57.3. The predicted octanol–water partition coefficient (Wildman–Crippen LogP) is 11.2. The number of nitrogens with one attached hydrogen (secondary N) is 2. The van der Waals surface area contributed by atoms with E-state index in [9.17, 15) is 0 Å². The second-order valence-corrected chi connectivity index (χ2v) is 13.8.